The maximum Gasteiger partial charge on any atom is 0.305 e. The van der Waals surface area contributed by atoms with Crippen LogP contribution >= 0.6 is 0 Å². The highest BCUT2D eigenvalue weighted by molar-refractivity contribution is 5.74. The van der Waals surface area contributed by atoms with Crippen LogP contribution in [-0.2, 0) is 14.3 Å². The van der Waals surface area contributed by atoms with E-state index < -0.39 is 17.1 Å². The molecule has 0 heterocycles. The first-order chi connectivity index (χ1) is 23.3. The SMILES string of the molecule is CCCC/C=C\CCCCCCCC(=O)OCCC[C@@H]1/C(=C(\C)C=O)CC[C@](C)(O)[C@@]1(C)CC/C=C(\C)C(O)C/C=C(\C)CCC=C(C)C. The number of aliphatic hydroxyl groups excluding tert-OH is 1. The van der Waals surface area contributed by atoms with Crippen LogP contribution in [0.4, 0.5) is 0 Å². The highest BCUT2D eigenvalue weighted by atomic mass is 16.5. The van der Waals surface area contributed by atoms with Crippen molar-refractivity contribution in [3.8, 4) is 0 Å². The van der Waals surface area contributed by atoms with Crippen molar-refractivity contribution in [3.05, 3.63) is 58.2 Å². The Morgan fingerprint density at radius 3 is 2.22 bits per heavy atom. The number of hydrogen-bond donors (Lipinski definition) is 2. The van der Waals surface area contributed by atoms with Gasteiger partial charge in [0.15, 0.2) is 0 Å². The van der Waals surface area contributed by atoms with Gasteiger partial charge in [-0.15, -0.1) is 0 Å². The molecule has 280 valence electrons. The summed E-state index contributed by atoms with van der Waals surface area (Å²) in [6.45, 7) is 16.9. The molecule has 0 aromatic rings. The van der Waals surface area contributed by atoms with Crippen LogP contribution in [0.25, 0.3) is 0 Å². The van der Waals surface area contributed by atoms with Gasteiger partial charge in [-0.1, -0.05) is 93.1 Å². The van der Waals surface area contributed by atoms with Gasteiger partial charge in [-0.3, -0.25) is 9.59 Å². The molecule has 1 rings (SSSR count). The number of ether oxygens (including phenoxy) is 1. The lowest BCUT2D eigenvalue weighted by Gasteiger charge is -2.53. The molecule has 49 heavy (non-hydrogen) atoms. The highest BCUT2D eigenvalue weighted by Crippen LogP contribution is 2.55. The second kappa shape index (κ2) is 24.8. The summed E-state index contributed by atoms with van der Waals surface area (Å²) in [4.78, 5) is 24.4. The van der Waals surface area contributed by atoms with Gasteiger partial charge < -0.3 is 14.9 Å². The molecule has 0 spiro atoms. The van der Waals surface area contributed by atoms with Crippen molar-refractivity contribution in [1.82, 2.24) is 0 Å². The Labute approximate surface area is 301 Å². The van der Waals surface area contributed by atoms with Crippen molar-refractivity contribution in [2.75, 3.05) is 6.61 Å². The summed E-state index contributed by atoms with van der Waals surface area (Å²) in [6.07, 6.45) is 29.2. The average molecular weight is 683 g/mol. The fraction of sp³-hybridized carbons (Fsp3) is 0.727. The van der Waals surface area contributed by atoms with Gasteiger partial charge in [0.2, 0.25) is 0 Å². The number of carbonyl (C=O) groups excluding carboxylic acids is 2. The van der Waals surface area contributed by atoms with Crippen LogP contribution in [-0.4, -0.2) is 40.8 Å². The first kappa shape index (κ1) is 44.8. The van der Waals surface area contributed by atoms with Gasteiger partial charge in [0, 0.05) is 11.8 Å². The van der Waals surface area contributed by atoms with E-state index in [2.05, 4.69) is 65.0 Å². The zero-order valence-corrected chi connectivity index (χ0v) is 32.9. The molecule has 1 saturated carbocycles. The van der Waals surface area contributed by atoms with E-state index in [1.807, 2.05) is 20.8 Å². The summed E-state index contributed by atoms with van der Waals surface area (Å²) in [5.74, 6) is -0.124. The third-order valence-corrected chi connectivity index (χ3v) is 11.0. The summed E-state index contributed by atoms with van der Waals surface area (Å²) in [7, 11) is 0. The normalized spacial score (nSPS) is 23.4. The molecule has 0 aromatic carbocycles. The lowest BCUT2D eigenvalue weighted by atomic mass is 9.54. The molecule has 2 N–H and O–H groups in total. The molecule has 0 amide bonds. The van der Waals surface area contributed by atoms with Crippen LogP contribution in [0.15, 0.2) is 58.2 Å². The molecule has 0 bridgehead atoms. The predicted octanol–water partition coefficient (Wildman–Crippen LogP) is 11.6. The quantitative estimate of drug-likeness (QED) is 0.0329. The van der Waals surface area contributed by atoms with Crippen molar-refractivity contribution >= 4 is 12.3 Å². The van der Waals surface area contributed by atoms with Crippen molar-refractivity contribution in [1.29, 1.82) is 0 Å². The van der Waals surface area contributed by atoms with Crippen LogP contribution in [0.1, 0.15) is 177 Å². The van der Waals surface area contributed by atoms with Crippen molar-refractivity contribution < 1.29 is 24.5 Å². The molecule has 0 aromatic heterocycles. The van der Waals surface area contributed by atoms with E-state index in [0.717, 1.165) is 80.8 Å². The second-order valence-electron chi connectivity index (χ2n) is 15.5. The smallest absolute Gasteiger partial charge is 0.305 e. The van der Waals surface area contributed by atoms with Crippen molar-refractivity contribution in [2.24, 2.45) is 11.3 Å². The van der Waals surface area contributed by atoms with E-state index in [1.165, 1.54) is 43.3 Å². The second-order valence-corrected chi connectivity index (χ2v) is 15.5. The first-order valence-electron chi connectivity index (χ1n) is 19.6. The molecular weight excluding hydrogens is 608 g/mol. The fourth-order valence-electron chi connectivity index (χ4n) is 7.17. The molecule has 0 radical (unpaired) electrons. The standard InChI is InChI=1S/C44H74O5/c1-9-10-11-12-13-14-15-16-17-18-19-27-42(47)49-33-22-26-40-39(38(6)34-45)30-32-44(8,48)43(40,7)31-21-25-37(5)41(46)29-28-36(4)24-20-23-35(2)3/h12-13,23,25,28,34,40-41,46,48H,9-11,14-22,24,26-27,29-33H2,1-8H3/b13-12-,36-28+,37-25+,39-38+/t40-,41?,43+,44+/m1/s1. The molecule has 0 saturated heterocycles. The Kier molecular flexibility index (Phi) is 22.7. The van der Waals surface area contributed by atoms with Crippen LogP contribution in [0.2, 0.25) is 0 Å². The maximum absolute atomic E-state index is 12.5. The first-order valence-corrected chi connectivity index (χ1v) is 19.6. The maximum atomic E-state index is 12.5. The van der Waals surface area contributed by atoms with Crippen LogP contribution < -0.4 is 0 Å². The number of unbranched alkanes of at least 4 members (excludes halogenated alkanes) is 7. The zero-order chi connectivity index (χ0) is 36.7. The van der Waals surface area contributed by atoms with Gasteiger partial charge in [-0.25, -0.2) is 0 Å². The Morgan fingerprint density at radius 1 is 0.878 bits per heavy atom. The van der Waals surface area contributed by atoms with Gasteiger partial charge in [0.25, 0.3) is 0 Å². The van der Waals surface area contributed by atoms with Gasteiger partial charge in [0.05, 0.1) is 18.3 Å². The topological polar surface area (TPSA) is 83.8 Å². The van der Waals surface area contributed by atoms with Gasteiger partial charge in [0.1, 0.15) is 6.29 Å². The largest absolute Gasteiger partial charge is 0.466 e. The highest BCUT2D eigenvalue weighted by Gasteiger charge is 2.52. The van der Waals surface area contributed by atoms with Crippen molar-refractivity contribution in [3.63, 3.8) is 0 Å². The number of carbonyl (C=O) groups is 2. The summed E-state index contributed by atoms with van der Waals surface area (Å²) in [5.41, 5.74) is 4.08. The minimum absolute atomic E-state index is 0.00617. The monoisotopic (exact) mass is 683 g/mol. The lowest BCUT2D eigenvalue weighted by molar-refractivity contribution is -0.144. The molecule has 1 unspecified atom stereocenters. The molecule has 0 aliphatic heterocycles. The van der Waals surface area contributed by atoms with E-state index in [4.69, 9.17) is 4.74 Å². The predicted molar refractivity (Wildman–Crippen MR) is 207 cm³/mol. The van der Waals surface area contributed by atoms with Crippen LogP contribution in [0.5, 0.6) is 0 Å². The molecule has 1 fully saturated rings. The minimum Gasteiger partial charge on any atom is -0.466 e. The third-order valence-electron chi connectivity index (χ3n) is 11.0. The summed E-state index contributed by atoms with van der Waals surface area (Å²) < 4.78 is 5.64. The molecule has 5 heteroatoms. The summed E-state index contributed by atoms with van der Waals surface area (Å²) >= 11 is 0. The molecule has 1 aliphatic rings. The van der Waals surface area contributed by atoms with Gasteiger partial charge in [-0.05, 0) is 142 Å². The summed E-state index contributed by atoms with van der Waals surface area (Å²) in [6, 6.07) is 0. The van der Waals surface area contributed by atoms with Gasteiger partial charge >= 0.3 is 5.97 Å². The minimum atomic E-state index is -0.905. The Balaban J connectivity index is 2.69. The number of rotatable bonds is 25. The number of allylic oxidation sites excluding steroid dienone is 8. The van der Waals surface area contributed by atoms with Crippen LogP contribution in [0.3, 0.4) is 0 Å². The van der Waals surface area contributed by atoms with E-state index >= 15 is 0 Å². The number of esters is 1. The van der Waals surface area contributed by atoms with E-state index in [9.17, 15) is 19.8 Å². The number of hydrogen-bond acceptors (Lipinski definition) is 5. The molecule has 1 aliphatic carbocycles. The Morgan fingerprint density at radius 2 is 1.55 bits per heavy atom. The molecule has 5 nitrogen and oxygen atoms in total. The molecule has 4 atom stereocenters. The average Bonchev–Trinajstić information content (AvgIpc) is 3.05. The number of aldehydes is 1. The van der Waals surface area contributed by atoms with E-state index in [0.29, 0.717) is 38.7 Å². The Bertz CT molecular complexity index is 1120. The fourth-order valence-corrected chi connectivity index (χ4v) is 7.17. The third kappa shape index (κ3) is 17.5. The van der Waals surface area contributed by atoms with E-state index in [1.54, 1.807) is 0 Å². The lowest BCUT2D eigenvalue weighted by Crippen LogP contribution is -2.52. The van der Waals surface area contributed by atoms with Gasteiger partial charge in [-0.2, -0.15) is 0 Å². The van der Waals surface area contributed by atoms with Crippen molar-refractivity contribution in [2.45, 2.75) is 189 Å². The van der Waals surface area contributed by atoms with Crippen LogP contribution in [0, 0.1) is 11.3 Å². The van der Waals surface area contributed by atoms with E-state index in [-0.39, 0.29) is 11.9 Å². The summed E-state index contributed by atoms with van der Waals surface area (Å²) in [5, 5.41) is 22.6. The molecular formula is C44H74O5. The Hall–Kier alpha value is -2.24. The number of aliphatic hydroxyl groups is 2. The zero-order valence-electron chi connectivity index (χ0n) is 32.9.